The largest absolute Gasteiger partial charge is 0.376 e. The number of hydrogen-bond acceptors (Lipinski definition) is 8. The van der Waals surface area contributed by atoms with Crippen LogP contribution in [0.4, 0.5) is 5.69 Å². The van der Waals surface area contributed by atoms with E-state index in [0.29, 0.717) is 18.3 Å². The maximum Gasteiger partial charge on any atom is 0.246 e. The molecule has 4 aromatic rings. The summed E-state index contributed by atoms with van der Waals surface area (Å²) in [7, 11) is 0. The lowest BCUT2D eigenvalue weighted by Gasteiger charge is -2.06. The first-order valence-electron chi connectivity index (χ1n) is 7.24. The third-order valence-corrected chi connectivity index (χ3v) is 4.09. The SMILES string of the molecule is Cc1nnnn1-c1cccc(NCc2nc(-c3ccsc3)no2)c1. The van der Waals surface area contributed by atoms with Gasteiger partial charge in [-0.05, 0) is 47.0 Å². The van der Waals surface area contributed by atoms with E-state index in [2.05, 4.69) is 31.0 Å². The number of benzene rings is 1. The molecule has 0 aliphatic heterocycles. The van der Waals surface area contributed by atoms with Crippen LogP contribution in [0.25, 0.3) is 17.1 Å². The lowest BCUT2D eigenvalue weighted by molar-refractivity contribution is 0.384. The van der Waals surface area contributed by atoms with Gasteiger partial charge in [0, 0.05) is 16.6 Å². The summed E-state index contributed by atoms with van der Waals surface area (Å²) >= 11 is 1.60. The average Bonchev–Trinajstić information content (AvgIpc) is 3.34. The molecule has 0 fully saturated rings. The maximum absolute atomic E-state index is 5.28. The Balaban J connectivity index is 1.48. The summed E-state index contributed by atoms with van der Waals surface area (Å²) < 4.78 is 6.95. The number of tetrazole rings is 1. The van der Waals surface area contributed by atoms with Crippen LogP contribution < -0.4 is 5.32 Å². The highest BCUT2D eigenvalue weighted by atomic mass is 32.1. The molecule has 0 aliphatic carbocycles. The molecule has 3 aromatic heterocycles. The lowest BCUT2D eigenvalue weighted by atomic mass is 10.2. The molecule has 4 rings (SSSR count). The zero-order valence-electron chi connectivity index (χ0n) is 12.7. The van der Waals surface area contributed by atoms with Gasteiger partial charge in [-0.15, -0.1) is 5.10 Å². The third kappa shape index (κ3) is 2.88. The number of aryl methyl sites for hydroxylation is 1. The van der Waals surface area contributed by atoms with Gasteiger partial charge in [0.05, 0.1) is 12.2 Å². The fourth-order valence-electron chi connectivity index (χ4n) is 2.23. The molecule has 120 valence electrons. The molecule has 0 amide bonds. The minimum absolute atomic E-state index is 0.440. The Morgan fingerprint density at radius 2 is 2.25 bits per heavy atom. The number of nitrogens with zero attached hydrogens (tertiary/aromatic N) is 6. The van der Waals surface area contributed by atoms with E-state index < -0.39 is 0 Å². The van der Waals surface area contributed by atoms with Gasteiger partial charge >= 0.3 is 0 Å². The number of aromatic nitrogens is 6. The van der Waals surface area contributed by atoms with E-state index in [4.69, 9.17) is 4.52 Å². The summed E-state index contributed by atoms with van der Waals surface area (Å²) in [5, 5.41) is 22.7. The summed E-state index contributed by atoms with van der Waals surface area (Å²) in [5.74, 6) is 1.86. The van der Waals surface area contributed by atoms with Crippen molar-refractivity contribution in [1.82, 2.24) is 30.3 Å². The quantitative estimate of drug-likeness (QED) is 0.597. The van der Waals surface area contributed by atoms with Crippen LogP contribution in [0.5, 0.6) is 0 Å². The lowest BCUT2D eigenvalue weighted by Crippen LogP contribution is -2.03. The number of anilines is 1. The molecule has 0 bridgehead atoms. The Bertz CT molecular complexity index is 944. The van der Waals surface area contributed by atoms with Crippen LogP contribution in [-0.2, 0) is 6.54 Å². The molecule has 1 aromatic carbocycles. The van der Waals surface area contributed by atoms with Gasteiger partial charge in [0.1, 0.15) is 0 Å². The molecule has 9 heteroatoms. The Morgan fingerprint density at radius 1 is 1.29 bits per heavy atom. The summed E-state index contributed by atoms with van der Waals surface area (Å²) in [6.07, 6.45) is 0. The van der Waals surface area contributed by atoms with Crippen LogP contribution in [-0.4, -0.2) is 30.3 Å². The van der Waals surface area contributed by atoms with E-state index in [1.807, 2.05) is 48.0 Å². The van der Waals surface area contributed by atoms with Crippen molar-refractivity contribution in [3.8, 4) is 17.1 Å². The first-order valence-corrected chi connectivity index (χ1v) is 8.18. The fourth-order valence-corrected chi connectivity index (χ4v) is 2.87. The second-order valence-electron chi connectivity index (χ2n) is 5.07. The highest BCUT2D eigenvalue weighted by Crippen LogP contribution is 2.19. The zero-order valence-corrected chi connectivity index (χ0v) is 13.6. The molecular formula is C15H13N7OS. The van der Waals surface area contributed by atoms with Crippen molar-refractivity contribution in [2.24, 2.45) is 0 Å². The van der Waals surface area contributed by atoms with E-state index in [9.17, 15) is 0 Å². The van der Waals surface area contributed by atoms with Crippen LogP contribution in [0.2, 0.25) is 0 Å². The van der Waals surface area contributed by atoms with Crippen LogP contribution in [0.3, 0.4) is 0 Å². The molecule has 8 nitrogen and oxygen atoms in total. The van der Waals surface area contributed by atoms with E-state index in [1.54, 1.807) is 16.0 Å². The fraction of sp³-hybridized carbons (Fsp3) is 0.133. The molecule has 3 heterocycles. The molecule has 1 N–H and O–H groups in total. The van der Waals surface area contributed by atoms with Crippen molar-refractivity contribution in [3.63, 3.8) is 0 Å². The van der Waals surface area contributed by atoms with Gasteiger partial charge in [-0.25, -0.2) is 0 Å². The van der Waals surface area contributed by atoms with Gasteiger partial charge in [-0.1, -0.05) is 11.2 Å². The first-order chi connectivity index (χ1) is 11.8. The number of thiophene rings is 1. The predicted molar refractivity (Wildman–Crippen MR) is 88.8 cm³/mol. The smallest absolute Gasteiger partial charge is 0.246 e. The van der Waals surface area contributed by atoms with Gasteiger partial charge in [0.2, 0.25) is 11.7 Å². The minimum Gasteiger partial charge on any atom is -0.376 e. The van der Waals surface area contributed by atoms with Crippen LogP contribution in [0.15, 0.2) is 45.6 Å². The molecular weight excluding hydrogens is 326 g/mol. The Labute approximate surface area is 141 Å². The molecule has 0 saturated carbocycles. The Hall–Kier alpha value is -3.07. The summed E-state index contributed by atoms with van der Waals surface area (Å²) in [6.45, 7) is 2.29. The van der Waals surface area contributed by atoms with Gasteiger partial charge < -0.3 is 9.84 Å². The normalized spacial score (nSPS) is 10.9. The summed E-state index contributed by atoms with van der Waals surface area (Å²) in [4.78, 5) is 4.38. The Morgan fingerprint density at radius 3 is 3.04 bits per heavy atom. The van der Waals surface area contributed by atoms with Gasteiger partial charge in [0.25, 0.3) is 0 Å². The molecule has 0 saturated heterocycles. The number of rotatable bonds is 5. The predicted octanol–water partition coefficient (Wildman–Crippen LogP) is 2.69. The van der Waals surface area contributed by atoms with Crippen molar-refractivity contribution in [3.05, 3.63) is 52.8 Å². The van der Waals surface area contributed by atoms with Crippen molar-refractivity contribution >= 4 is 17.0 Å². The molecule has 0 atom stereocenters. The van der Waals surface area contributed by atoms with Crippen LogP contribution in [0.1, 0.15) is 11.7 Å². The molecule has 0 aliphatic rings. The Kier molecular flexibility index (Phi) is 3.75. The monoisotopic (exact) mass is 339 g/mol. The topological polar surface area (TPSA) is 94.6 Å². The third-order valence-electron chi connectivity index (χ3n) is 3.41. The minimum atomic E-state index is 0.440. The van der Waals surface area contributed by atoms with Gasteiger partial charge in [-0.2, -0.15) is 21.0 Å². The highest BCUT2D eigenvalue weighted by molar-refractivity contribution is 7.08. The zero-order chi connectivity index (χ0) is 16.4. The van der Waals surface area contributed by atoms with E-state index in [1.165, 1.54) is 0 Å². The highest BCUT2D eigenvalue weighted by Gasteiger charge is 2.09. The maximum atomic E-state index is 5.28. The molecule has 0 spiro atoms. The van der Waals surface area contributed by atoms with Crippen LogP contribution in [0, 0.1) is 6.92 Å². The molecule has 0 radical (unpaired) electrons. The molecule has 0 unspecified atom stereocenters. The van der Waals surface area contributed by atoms with Crippen molar-refractivity contribution in [1.29, 1.82) is 0 Å². The summed E-state index contributed by atoms with van der Waals surface area (Å²) in [5.41, 5.74) is 2.76. The number of nitrogens with one attached hydrogen (secondary N) is 1. The van der Waals surface area contributed by atoms with Crippen molar-refractivity contribution in [2.45, 2.75) is 13.5 Å². The standard InChI is InChI=1S/C15H13N7OS/c1-10-18-20-21-22(10)13-4-2-3-12(7-13)16-8-14-17-15(19-23-14)11-5-6-24-9-11/h2-7,9,16H,8H2,1H3. The van der Waals surface area contributed by atoms with Crippen molar-refractivity contribution < 1.29 is 4.52 Å². The second-order valence-corrected chi connectivity index (χ2v) is 5.85. The summed E-state index contributed by atoms with van der Waals surface area (Å²) in [6, 6.07) is 9.75. The van der Waals surface area contributed by atoms with Gasteiger partial charge in [0.15, 0.2) is 5.82 Å². The average molecular weight is 339 g/mol. The molecule has 24 heavy (non-hydrogen) atoms. The van der Waals surface area contributed by atoms with Crippen molar-refractivity contribution in [2.75, 3.05) is 5.32 Å². The van der Waals surface area contributed by atoms with E-state index in [0.717, 1.165) is 22.8 Å². The van der Waals surface area contributed by atoms with Crippen LogP contribution >= 0.6 is 11.3 Å². The second kappa shape index (κ2) is 6.20. The van der Waals surface area contributed by atoms with Gasteiger partial charge in [-0.3, -0.25) is 0 Å². The number of hydrogen-bond donors (Lipinski definition) is 1. The first kappa shape index (κ1) is 14.5. The van der Waals surface area contributed by atoms with E-state index >= 15 is 0 Å². The van der Waals surface area contributed by atoms with E-state index in [-0.39, 0.29) is 0 Å².